The van der Waals surface area contributed by atoms with Crippen molar-refractivity contribution < 1.29 is 9.53 Å². The molecule has 1 saturated heterocycles. The Morgan fingerprint density at radius 1 is 1.31 bits per heavy atom. The van der Waals surface area contributed by atoms with Crippen LogP contribution >= 0.6 is 11.8 Å². The first-order chi connectivity index (χ1) is 12.7. The molecule has 1 amide bonds. The van der Waals surface area contributed by atoms with Gasteiger partial charge in [-0.1, -0.05) is 24.3 Å². The second kappa shape index (κ2) is 9.07. The van der Waals surface area contributed by atoms with Crippen molar-refractivity contribution in [2.45, 2.75) is 10.9 Å². The number of nitrogens with zero attached hydrogens (tertiary/aromatic N) is 1. The van der Waals surface area contributed by atoms with Crippen LogP contribution in [0.2, 0.25) is 0 Å². The molecule has 5 nitrogen and oxygen atoms in total. The van der Waals surface area contributed by atoms with E-state index in [0.29, 0.717) is 6.54 Å². The first kappa shape index (κ1) is 18.8. The van der Waals surface area contributed by atoms with E-state index in [9.17, 15) is 4.79 Å². The molecule has 1 heterocycles. The number of methoxy groups -OCH3 is 1. The molecule has 1 aliphatic rings. The van der Waals surface area contributed by atoms with Crippen molar-refractivity contribution in [3.05, 3.63) is 54.1 Å². The predicted molar refractivity (Wildman–Crippen MR) is 107 cm³/mol. The molecule has 2 aromatic rings. The number of amides is 1. The van der Waals surface area contributed by atoms with Gasteiger partial charge in [0.05, 0.1) is 19.7 Å². The topological polar surface area (TPSA) is 53.6 Å². The van der Waals surface area contributed by atoms with Gasteiger partial charge in [-0.2, -0.15) is 0 Å². The summed E-state index contributed by atoms with van der Waals surface area (Å²) in [6, 6.07) is 16.1. The second-order valence-corrected chi connectivity index (χ2v) is 7.09. The third-order valence-electron chi connectivity index (χ3n) is 4.55. The van der Waals surface area contributed by atoms with E-state index in [1.165, 1.54) is 0 Å². The van der Waals surface area contributed by atoms with Gasteiger partial charge in [-0.3, -0.25) is 9.69 Å². The van der Waals surface area contributed by atoms with Crippen molar-refractivity contribution >= 4 is 23.4 Å². The van der Waals surface area contributed by atoms with Crippen molar-refractivity contribution in [3.63, 3.8) is 0 Å². The zero-order valence-corrected chi connectivity index (χ0v) is 16.0. The van der Waals surface area contributed by atoms with E-state index in [1.54, 1.807) is 18.9 Å². The zero-order valence-electron chi connectivity index (χ0n) is 15.2. The molecular formula is C20H25N3O2S. The van der Waals surface area contributed by atoms with E-state index in [0.717, 1.165) is 41.5 Å². The predicted octanol–water partition coefficient (Wildman–Crippen LogP) is 3.00. The van der Waals surface area contributed by atoms with Crippen molar-refractivity contribution in [2.24, 2.45) is 0 Å². The number of carbonyl (C=O) groups is 1. The van der Waals surface area contributed by atoms with Gasteiger partial charge in [-0.25, -0.2) is 0 Å². The first-order valence-electron chi connectivity index (χ1n) is 8.73. The molecule has 0 aliphatic carbocycles. The first-order valence-corrected chi connectivity index (χ1v) is 9.95. The molecule has 1 aliphatic heterocycles. The fourth-order valence-corrected chi connectivity index (χ4v) is 3.73. The second-order valence-electron chi connectivity index (χ2n) is 6.21. The summed E-state index contributed by atoms with van der Waals surface area (Å²) in [6.07, 6.45) is 2.03. The normalized spacial score (nSPS) is 17.7. The largest absolute Gasteiger partial charge is 0.496 e. The highest BCUT2D eigenvalue weighted by molar-refractivity contribution is 7.98. The fourth-order valence-electron chi connectivity index (χ4n) is 3.27. The molecule has 3 rings (SSSR count). The van der Waals surface area contributed by atoms with Gasteiger partial charge in [-0.15, -0.1) is 11.8 Å². The number of thioether (sulfide) groups is 1. The smallest absolute Gasteiger partial charge is 0.238 e. The standard InChI is InChI=1S/C20H25N3O2S/c1-25-19-9-4-3-8-17(19)18-13-21-10-11-23(18)14-20(24)22-15-6-5-7-16(12-15)26-2/h3-9,12,18,21H,10-11,13-14H2,1-2H3,(H,22,24). The molecule has 2 N–H and O–H groups in total. The van der Waals surface area contributed by atoms with Gasteiger partial charge in [0.15, 0.2) is 0 Å². The summed E-state index contributed by atoms with van der Waals surface area (Å²) in [5.74, 6) is 0.865. The number of piperazine rings is 1. The van der Waals surface area contributed by atoms with E-state index in [2.05, 4.69) is 21.6 Å². The van der Waals surface area contributed by atoms with Crippen molar-refractivity contribution in [3.8, 4) is 5.75 Å². The Kier molecular flexibility index (Phi) is 6.55. The summed E-state index contributed by atoms with van der Waals surface area (Å²) in [7, 11) is 1.69. The molecule has 0 spiro atoms. The molecule has 6 heteroatoms. The van der Waals surface area contributed by atoms with E-state index in [-0.39, 0.29) is 11.9 Å². The van der Waals surface area contributed by atoms with Gasteiger partial charge >= 0.3 is 0 Å². The molecule has 2 aromatic carbocycles. The fraction of sp³-hybridized carbons (Fsp3) is 0.350. The van der Waals surface area contributed by atoms with Crippen LogP contribution in [0.3, 0.4) is 0 Å². The van der Waals surface area contributed by atoms with Crippen LogP contribution in [0.25, 0.3) is 0 Å². The van der Waals surface area contributed by atoms with Gasteiger partial charge in [0.25, 0.3) is 0 Å². The molecule has 1 fully saturated rings. The number of carbonyl (C=O) groups excluding carboxylic acids is 1. The maximum atomic E-state index is 12.6. The third-order valence-corrected chi connectivity index (χ3v) is 5.28. The van der Waals surface area contributed by atoms with E-state index < -0.39 is 0 Å². The Hall–Kier alpha value is -2.02. The zero-order chi connectivity index (χ0) is 18.4. The third kappa shape index (κ3) is 4.58. The number of nitrogens with one attached hydrogen (secondary N) is 2. The SMILES string of the molecule is COc1ccccc1C1CNCCN1CC(=O)Nc1cccc(SC)c1. The minimum atomic E-state index is 0.00468. The lowest BCUT2D eigenvalue weighted by Gasteiger charge is -2.36. The Bertz CT molecular complexity index is 753. The molecule has 0 bridgehead atoms. The Morgan fingerprint density at radius 3 is 2.96 bits per heavy atom. The lowest BCUT2D eigenvalue weighted by molar-refractivity contribution is -0.118. The molecule has 138 valence electrons. The van der Waals surface area contributed by atoms with Gasteiger partial charge in [0, 0.05) is 35.8 Å². The molecule has 1 atom stereocenters. The highest BCUT2D eigenvalue weighted by atomic mass is 32.2. The minimum Gasteiger partial charge on any atom is -0.496 e. The van der Waals surface area contributed by atoms with Gasteiger partial charge in [0.2, 0.25) is 5.91 Å². The van der Waals surface area contributed by atoms with Crippen LogP contribution in [0.4, 0.5) is 5.69 Å². The Labute approximate surface area is 159 Å². The molecule has 0 aromatic heterocycles. The van der Waals surface area contributed by atoms with E-state index in [1.807, 2.05) is 48.7 Å². The highest BCUT2D eigenvalue weighted by Crippen LogP contribution is 2.30. The van der Waals surface area contributed by atoms with Gasteiger partial charge in [0.1, 0.15) is 5.75 Å². The number of para-hydroxylation sites is 1. The summed E-state index contributed by atoms with van der Waals surface area (Å²) in [5, 5.41) is 6.44. The number of hydrogen-bond donors (Lipinski definition) is 2. The lowest BCUT2D eigenvalue weighted by atomic mass is 10.0. The highest BCUT2D eigenvalue weighted by Gasteiger charge is 2.27. The Morgan fingerprint density at radius 2 is 2.15 bits per heavy atom. The number of ether oxygens (including phenoxy) is 1. The maximum absolute atomic E-state index is 12.6. The van der Waals surface area contributed by atoms with Gasteiger partial charge in [-0.05, 0) is 30.5 Å². The van der Waals surface area contributed by atoms with Gasteiger partial charge < -0.3 is 15.4 Å². The quantitative estimate of drug-likeness (QED) is 0.765. The van der Waals surface area contributed by atoms with Crippen LogP contribution in [0, 0.1) is 0 Å². The van der Waals surface area contributed by atoms with Crippen LogP contribution < -0.4 is 15.4 Å². The summed E-state index contributed by atoms with van der Waals surface area (Å²) in [5.41, 5.74) is 1.95. The average molecular weight is 372 g/mol. The average Bonchev–Trinajstić information content (AvgIpc) is 2.68. The van der Waals surface area contributed by atoms with E-state index in [4.69, 9.17) is 4.74 Å². The summed E-state index contributed by atoms with van der Waals surface area (Å²) >= 11 is 1.66. The lowest BCUT2D eigenvalue weighted by Crippen LogP contribution is -2.48. The number of rotatable bonds is 6. The minimum absolute atomic E-state index is 0.00468. The van der Waals surface area contributed by atoms with Crippen molar-refractivity contribution in [1.82, 2.24) is 10.2 Å². The van der Waals surface area contributed by atoms with Crippen LogP contribution in [0.15, 0.2) is 53.4 Å². The number of hydrogen-bond acceptors (Lipinski definition) is 5. The van der Waals surface area contributed by atoms with Crippen molar-refractivity contribution in [1.29, 1.82) is 0 Å². The Balaban J connectivity index is 1.70. The molecule has 0 saturated carbocycles. The summed E-state index contributed by atoms with van der Waals surface area (Å²) < 4.78 is 5.52. The molecule has 1 unspecified atom stereocenters. The van der Waals surface area contributed by atoms with Crippen LogP contribution in [-0.4, -0.2) is 50.4 Å². The molecular weight excluding hydrogens is 346 g/mol. The molecule has 26 heavy (non-hydrogen) atoms. The monoisotopic (exact) mass is 371 g/mol. The van der Waals surface area contributed by atoms with Crippen LogP contribution in [-0.2, 0) is 4.79 Å². The summed E-state index contributed by atoms with van der Waals surface area (Å²) in [4.78, 5) is 15.9. The number of benzene rings is 2. The summed E-state index contributed by atoms with van der Waals surface area (Å²) in [6.45, 7) is 2.85. The number of anilines is 1. The maximum Gasteiger partial charge on any atom is 0.238 e. The van der Waals surface area contributed by atoms with Crippen molar-refractivity contribution in [2.75, 3.05) is 44.9 Å². The molecule has 0 radical (unpaired) electrons. The van der Waals surface area contributed by atoms with E-state index >= 15 is 0 Å². The van der Waals surface area contributed by atoms with Crippen LogP contribution in [0.1, 0.15) is 11.6 Å². The van der Waals surface area contributed by atoms with Crippen LogP contribution in [0.5, 0.6) is 5.75 Å².